The lowest BCUT2D eigenvalue weighted by atomic mass is 10.0. The van der Waals surface area contributed by atoms with E-state index >= 15 is 0 Å². The summed E-state index contributed by atoms with van der Waals surface area (Å²) in [6.45, 7) is 4.72. The SMILES string of the molecule is CCOc1ccc(N2C(=S)NC(c3ccccn3)C2c2cccn2-c2ccc(C)cc2)cc1. The highest BCUT2D eigenvalue weighted by Gasteiger charge is 2.42. The Labute approximate surface area is 199 Å². The molecule has 3 heterocycles. The van der Waals surface area contributed by atoms with Gasteiger partial charge in [-0.1, -0.05) is 23.8 Å². The van der Waals surface area contributed by atoms with Crippen LogP contribution in [0.1, 0.15) is 36.0 Å². The molecular weight excluding hydrogens is 428 g/mol. The topological polar surface area (TPSA) is 42.3 Å². The van der Waals surface area contributed by atoms with Crippen molar-refractivity contribution in [3.8, 4) is 11.4 Å². The van der Waals surface area contributed by atoms with Crippen molar-refractivity contribution < 1.29 is 4.74 Å². The standard InChI is InChI=1S/C27H26N4OS/c1-3-32-22-15-13-21(14-16-22)31-26(25(29-27(31)33)23-7-4-5-17-28-23)24-8-6-18-30(24)20-11-9-19(2)10-12-20/h4-18,25-26H,3H2,1-2H3,(H,29,33). The van der Waals surface area contributed by atoms with Crippen LogP contribution < -0.4 is 15.0 Å². The molecule has 33 heavy (non-hydrogen) atoms. The second-order valence-corrected chi connectivity index (χ2v) is 8.45. The Morgan fingerprint density at radius 1 is 0.939 bits per heavy atom. The monoisotopic (exact) mass is 454 g/mol. The van der Waals surface area contributed by atoms with Gasteiger partial charge < -0.3 is 19.5 Å². The van der Waals surface area contributed by atoms with Crippen molar-refractivity contribution in [2.45, 2.75) is 25.9 Å². The molecule has 1 saturated heterocycles. The molecule has 2 aromatic carbocycles. The van der Waals surface area contributed by atoms with Crippen LogP contribution in [0.15, 0.2) is 91.3 Å². The van der Waals surface area contributed by atoms with Crippen LogP contribution in [-0.4, -0.2) is 21.3 Å². The van der Waals surface area contributed by atoms with E-state index in [0.717, 1.165) is 28.5 Å². The van der Waals surface area contributed by atoms with Crippen LogP contribution >= 0.6 is 12.2 Å². The van der Waals surface area contributed by atoms with Crippen LogP contribution in [0.5, 0.6) is 5.75 Å². The number of nitrogens with zero attached hydrogens (tertiary/aromatic N) is 3. The molecule has 166 valence electrons. The number of hydrogen-bond donors (Lipinski definition) is 1. The van der Waals surface area contributed by atoms with Gasteiger partial charge in [-0.3, -0.25) is 4.98 Å². The third-order valence-electron chi connectivity index (χ3n) is 5.92. The van der Waals surface area contributed by atoms with Crippen molar-refractivity contribution in [3.05, 3.63) is 108 Å². The van der Waals surface area contributed by atoms with E-state index in [-0.39, 0.29) is 12.1 Å². The van der Waals surface area contributed by atoms with Crippen LogP contribution in [0.4, 0.5) is 5.69 Å². The van der Waals surface area contributed by atoms with Gasteiger partial charge in [-0.2, -0.15) is 0 Å². The Morgan fingerprint density at radius 3 is 2.39 bits per heavy atom. The van der Waals surface area contributed by atoms with Crippen molar-refractivity contribution in [2.75, 3.05) is 11.5 Å². The van der Waals surface area contributed by atoms with Gasteiger partial charge >= 0.3 is 0 Å². The third-order valence-corrected chi connectivity index (χ3v) is 6.23. The van der Waals surface area contributed by atoms with Crippen molar-refractivity contribution in [2.24, 2.45) is 0 Å². The first-order valence-corrected chi connectivity index (χ1v) is 11.5. The molecule has 2 aromatic heterocycles. The normalized spacial score (nSPS) is 17.8. The average molecular weight is 455 g/mol. The zero-order valence-corrected chi connectivity index (χ0v) is 19.5. The number of ether oxygens (including phenoxy) is 1. The van der Waals surface area contributed by atoms with E-state index in [2.05, 4.69) is 81.4 Å². The van der Waals surface area contributed by atoms with Crippen LogP contribution in [-0.2, 0) is 0 Å². The molecule has 5 rings (SSSR count). The summed E-state index contributed by atoms with van der Waals surface area (Å²) in [4.78, 5) is 6.84. The Kier molecular flexibility index (Phi) is 5.84. The van der Waals surface area contributed by atoms with Gasteiger partial charge in [0, 0.05) is 29.5 Å². The van der Waals surface area contributed by atoms with E-state index in [4.69, 9.17) is 17.0 Å². The highest BCUT2D eigenvalue weighted by Crippen LogP contribution is 2.42. The molecule has 1 N–H and O–H groups in total. The summed E-state index contributed by atoms with van der Waals surface area (Å²) in [5.74, 6) is 0.847. The van der Waals surface area contributed by atoms with Gasteiger partial charge in [0.25, 0.3) is 0 Å². The first-order chi connectivity index (χ1) is 16.2. The molecular formula is C27H26N4OS. The first-order valence-electron chi connectivity index (χ1n) is 11.1. The van der Waals surface area contributed by atoms with E-state index in [9.17, 15) is 0 Å². The summed E-state index contributed by atoms with van der Waals surface area (Å²) >= 11 is 5.86. The summed E-state index contributed by atoms with van der Waals surface area (Å²) < 4.78 is 7.88. The number of aromatic nitrogens is 2. The summed E-state index contributed by atoms with van der Waals surface area (Å²) in [5, 5.41) is 4.21. The van der Waals surface area contributed by atoms with E-state index in [1.807, 2.05) is 43.5 Å². The van der Waals surface area contributed by atoms with Crippen molar-refractivity contribution >= 4 is 23.0 Å². The molecule has 5 nitrogen and oxygen atoms in total. The molecule has 0 bridgehead atoms. The zero-order chi connectivity index (χ0) is 22.8. The van der Waals surface area contributed by atoms with Gasteiger partial charge in [-0.15, -0.1) is 0 Å². The average Bonchev–Trinajstić information content (AvgIpc) is 3.45. The Hall–Kier alpha value is -3.64. The van der Waals surface area contributed by atoms with E-state index < -0.39 is 0 Å². The van der Waals surface area contributed by atoms with E-state index in [1.165, 1.54) is 5.56 Å². The zero-order valence-electron chi connectivity index (χ0n) is 18.7. The number of hydrogen-bond acceptors (Lipinski definition) is 3. The maximum absolute atomic E-state index is 5.86. The molecule has 1 aliphatic heterocycles. The van der Waals surface area contributed by atoms with Gasteiger partial charge in [-0.05, 0) is 86.7 Å². The lowest BCUT2D eigenvalue weighted by Gasteiger charge is -2.29. The molecule has 0 radical (unpaired) electrons. The molecule has 1 aliphatic rings. The number of nitrogens with one attached hydrogen (secondary N) is 1. The number of anilines is 1. The highest BCUT2D eigenvalue weighted by molar-refractivity contribution is 7.80. The number of rotatable bonds is 6. The molecule has 0 aliphatic carbocycles. The Morgan fingerprint density at radius 2 is 1.70 bits per heavy atom. The summed E-state index contributed by atoms with van der Waals surface area (Å²) in [6, 6.07) is 26.8. The van der Waals surface area contributed by atoms with E-state index in [0.29, 0.717) is 11.7 Å². The minimum atomic E-state index is -0.0932. The molecule has 6 heteroatoms. The quantitative estimate of drug-likeness (QED) is 0.376. The minimum Gasteiger partial charge on any atom is -0.494 e. The van der Waals surface area contributed by atoms with Gasteiger partial charge in [0.15, 0.2) is 5.11 Å². The first kappa shape index (κ1) is 21.2. The lowest BCUT2D eigenvalue weighted by molar-refractivity contribution is 0.340. The third kappa shape index (κ3) is 4.10. The second-order valence-electron chi connectivity index (χ2n) is 8.06. The van der Waals surface area contributed by atoms with Gasteiger partial charge in [0.05, 0.1) is 18.3 Å². The van der Waals surface area contributed by atoms with Gasteiger partial charge in [0.2, 0.25) is 0 Å². The fourth-order valence-corrected chi connectivity index (χ4v) is 4.72. The molecule has 0 amide bonds. The van der Waals surface area contributed by atoms with Crippen molar-refractivity contribution in [1.82, 2.24) is 14.9 Å². The van der Waals surface area contributed by atoms with Crippen molar-refractivity contribution in [1.29, 1.82) is 0 Å². The van der Waals surface area contributed by atoms with Gasteiger partial charge in [0.1, 0.15) is 11.8 Å². The fourth-order valence-electron chi connectivity index (χ4n) is 4.38. The van der Waals surface area contributed by atoms with Crippen molar-refractivity contribution in [3.63, 3.8) is 0 Å². The maximum atomic E-state index is 5.86. The molecule has 2 unspecified atom stereocenters. The van der Waals surface area contributed by atoms with Crippen LogP contribution in [0.25, 0.3) is 5.69 Å². The van der Waals surface area contributed by atoms with Crippen LogP contribution in [0.3, 0.4) is 0 Å². The largest absolute Gasteiger partial charge is 0.494 e. The smallest absolute Gasteiger partial charge is 0.174 e. The maximum Gasteiger partial charge on any atom is 0.174 e. The molecule has 1 fully saturated rings. The number of benzene rings is 2. The predicted molar refractivity (Wildman–Crippen MR) is 136 cm³/mol. The highest BCUT2D eigenvalue weighted by atomic mass is 32.1. The molecule has 0 spiro atoms. The minimum absolute atomic E-state index is 0.0818. The Bertz CT molecular complexity index is 1240. The summed E-state index contributed by atoms with van der Waals surface area (Å²) in [6.07, 6.45) is 3.93. The lowest BCUT2D eigenvalue weighted by Crippen LogP contribution is -2.30. The number of aryl methyl sites for hydroxylation is 1. The van der Waals surface area contributed by atoms with E-state index in [1.54, 1.807) is 0 Å². The predicted octanol–water partition coefficient (Wildman–Crippen LogP) is 5.76. The summed E-state index contributed by atoms with van der Waals surface area (Å²) in [7, 11) is 0. The molecule has 4 aromatic rings. The summed E-state index contributed by atoms with van der Waals surface area (Å²) in [5.41, 5.74) is 5.45. The molecule has 2 atom stereocenters. The Balaban J connectivity index is 1.62. The fraction of sp³-hybridized carbons (Fsp3) is 0.185. The second kappa shape index (κ2) is 9.08. The number of thiocarbonyl (C=S) groups is 1. The van der Waals surface area contributed by atoms with Gasteiger partial charge in [-0.25, -0.2) is 0 Å². The van der Waals surface area contributed by atoms with Crippen LogP contribution in [0, 0.1) is 6.92 Å². The van der Waals surface area contributed by atoms with Crippen LogP contribution in [0.2, 0.25) is 0 Å². The molecule has 0 saturated carbocycles. The number of pyridine rings is 1.